The summed E-state index contributed by atoms with van der Waals surface area (Å²) in [5.74, 6) is 0.834. The van der Waals surface area contributed by atoms with Crippen molar-refractivity contribution in [3.8, 4) is 0 Å². The molecule has 0 aliphatic carbocycles. The molecule has 2 atom stereocenters. The van der Waals surface area contributed by atoms with Crippen LogP contribution in [0.5, 0.6) is 0 Å². The predicted molar refractivity (Wildman–Crippen MR) is 44.3 cm³/mol. The Hall–Kier alpha value is 0.270. The van der Waals surface area contributed by atoms with Crippen molar-refractivity contribution in [2.75, 3.05) is 5.75 Å². The minimum Gasteiger partial charge on any atom is -0.616 e. The Bertz CT molecular complexity index is 115. The molecule has 0 radical (unpaired) electrons. The summed E-state index contributed by atoms with van der Waals surface area (Å²) in [5, 5.41) is 0. The van der Waals surface area contributed by atoms with Gasteiger partial charge in [0.15, 0.2) is 0 Å². The van der Waals surface area contributed by atoms with Gasteiger partial charge in [-0.15, -0.1) is 0 Å². The maximum Gasteiger partial charge on any atom is 0.134 e. The quantitative estimate of drug-likeness (QED) is 0.530. The molecule has 0 aromatic carbocycles. The highest BCUT2D eigenvalue weighted by molar-refractivity contribution is 7.92. The van der Waals surface area contributed by atoms with Crippen molar-refractivity contribution >= 4 is 11.2 Å². The van der Waals surface area contributed by atoms with Gasteiger partial charge in [0.25, 0.3) is 0 Å². The van der Waals surface area contributed by atoms with E-state index >= 15 is 0 Å². The van der Waals surface area contributed by atoms with Crippen molar-refractivity contribution in [3.63, 3.8) is 0 Å². The van der Waals surface area contributed by atoms with Crippen LogP contribution in [-0.2, 0) is 11.2 Å². The fourth-order valence-corrected chi connectivity index (χ4v) is 2.62. The second-order valence-electron chi connectivity index (χ2n) is 3.40. The summed E-state index contributed by atoms with van der Waals surface area (Å²) in [6, 6.07) is 0.127. The molecule has 1 heterocycles. The average molecular weight is 161 g/mol. The third-order valence-electron chi connectivity index (χ3n) is 2.32. The van der Waals surface area contributed by atoms with Gasteiger partial charge in [-0.25, -0.2) is 0 Å². The molecule has 0 aromatic rings. The van der Waals surface area contributed by atoms with Crippen molar-refractivity contribution < 1.29 is 4.55 Å². The molecule has 1 saturated heterocycles. The fourth-order valence-electron chi connectivity index (χ4n) is 1.21. The summed E-state index contributed by atoms with van der Waals surface area (Å²) in [5.41, 5.74) is 5.81. The Morgan fingerprint density at radius 3 is 2.60 bits per heavy atom. The molecule has 60 valence electrons. The first-order valence-corrected chi connectivity index (χ1v) is 5.01. The second-order valence-corrected chi connectivity index (χ2v) is 5.55. The zero-order valence-corrected chi connectivity index (χ0v) is 7.41. The van der Waals surface area contributed by atoms with Crippen LogP contribution in [0.1, 0.15) is 26.7 Å². The number of hydrogen-bond acceptors (Lipinski definition) is 2. The standard InChI is InChI=1S/C7H15NOS/c1-7(2)6(8)4-3-5-10(7)9/h6H,3-5,8H2,1-2H3. The van der Waals surface area contributed by atoms with Crippen LogP contribution in [-0.4, -0.2) is 21.1 Å². The van der Waals surface area contributed by atoms with Gasteiger partial charge in [0.2, 0.25) is 0 Å². The van der Waals surface area contributed by atoms with E-state index in [1.165, 1.54) is 0 Å². The molecule has 2 N–H and O–H groups in total. The van der Waals surface area contributed by atoms with Gasteiger partial charge >= 0.3 is 0 Å². The lowest BCUT2D eigenvalue weighted by Crippen LogP contribution is -2.53. The summed E-state index contributed by atoms with van der Waals surface area (Å²) in [6.07, 6.45) is 2.05. The van der Waals surface area contributed by atoms with Gasteiger partial charge in [0.05, 0.1) is 6.04 Å². The molecule has 1 fully saturated rings. The Morgan fingerprint density at radius 2 is 2.20 bits per heavy atom. The van der Waals surface area contributed by atoms with Crippen LogP contribution < -0.4 is 5.73 Å². The lowest BCUT2D eigenvalue weighted by Gasteiger charge is -2.37. The van der Waals surface area contributed by atoms with E-state index in [-0.39, 0.29) is 10.8 Å². The third-order valence-corrected chi connectivity index (χ3v) is 4.46. The van der Waals surface area contributed by atoms with Crippen LogP contribution in [0.25, 0.3) is 0 Å². The number of hydrogen-bond donors (Lipinski definition) is 1. The Balaban J connectivity index is 2.63. The van der Waals surface area contributed by atoms with E-state index < -0.39 is 11.2 Å². The molecule has 0 aromatic heterocycles. The van der Waals surface area contributed by atoms with Gasteiger partial charge < -0.3 is 10.3 Å². The van der Waals surface area contributed by atoms with Crippen molar-refractivity contribution in [2.45, 2.75) is 37.5 Å². The van der Waals surface area contributed by atoms with Gasteiger partial charge in [-0.1, -0.05) is 0 Å². The molecule has 1 rings (SSSR count). The summed E-state index contributed by atoms with van der Waals surface area (Å²) in [6.45, 7) is 3.99. The Morgan fingerprint density at radius 1 is 1.60 bits per heavy atom. The molecule has 2 unspecified atom stereocenters. The van der Waals surface area contributed by atoms with E-state index in [0.717, 1.165) is 18.6 Å². The van der Waals surface area contributed by atoms with Crippen molar-refractivity contribution in [3.05, 3.63) is 0 Å². The molecule has 1 aliphatic heterocycles. The summed E-state index contributed by atoms with van der Waals surface area (Å²) >= 11 is -0.706. The molecule has 0 saturated carbocycles. The van der Waals surface area contributed by atoms with Crippen LogP contribution in [0.4, 0.5) is 0 Å². The predicted octanol–water partition coefficient (Wildman–Crippen LogP) is 0.635. The van der Waals surface area contributed by atoms with Crippen molar-refractivity contribution in [1.82, 2.24) is 0 Å². The number of nitrogens with two attached hydrogens (primary N) is 1. The first kappa shape index (κ1) is 8.37. The lowest BCUT2D eigenvalue weighted by molar-refractivity contribution is 0.433. The van der Waals surface area contributed by atoms with E-state index in [2.05, 4.69) is 0 Å². The molecule has 0 amide bonds. The second kappa shape index (κ2) is 2.72. The molecule has 0 bridgehead atoms. The Kier molecular flexibility index (Phi) is 2.28. The van der Waals surface area contributed by atoms with E-state index in [1.807, 2.05) is 13.8 Å². The first-order chi connectivity index (χ1) is 4.55. The largest absolute Gasteiger partial charge is 0.616 e. The van der Waals surface area contributed by atoms with Crippen molar-refractivity contribution in [1.29, 1.82) is 0 Å². The van der Waals surface area contributed by atoms with E-state index in [1.54, 1.807) is 0 Å². The Labute approximate surface area is 65.4 Å². The van der Waals surface area contributed by atoms with E-state index in [0.29, 0.717) is 0 Å². The van der Waals surface area contributed by atoms with Crippen LogP contribution >= 0.6 is 0 Å². The fraction of sp³-hybridized carbons (Fsp3) is 1.00. The van der Waals surface area contributed by atoms with Crippen LogP contribution in [0.3, 0.4) is 0 Å². The van der Waals surface area contributed by atoms with Gasteiger partial charge in [-0.3, -0.25) is 0 Å². The highest BCUT2D eigenvalue weighted by Crippen LogP contribution is 2.28. The van der Waals surface area contributed by atoms with Gasteiger partial charge in [0, 0.05) is 0 Å². The van der Waals surface area contributed by atoms with Crippen molar-refractivity contribution in [2.24, 2.45) is 5.73 Å². The smallest absolute Gasteiger partial charge is 0.134 e. The van der Waals surface area contributed by atoms with Crippen LogP contribution in [0.2, 0.25) is 0 Å². The van der Waals surface area contributed by atoms with E-state index in [4.69, 9.17) is 5.73 Å². The minimum atomic E-state index is -0.706. The topological polar surface area (TPSA) is 49.1 Å². The SMILES string of the molecule is CC1(C)C(N)CCC[S+]1[O-]. The maximum absolute atomic E-state index is 11.4. The molecular formula is C7H15NOS. The molecule has 3 heteroatoms. The normalized spacial score (nSPS) is 39.6. The molecule has 10 heavy (non-hydrogen) atoms. The van der Waals surface area contributed by atoms with E-state index in [9.17, 15) is 4.55 Å². The zero-order chi connectivity index (χ0) is 7.78. The zero-order valence-electron chi connectivity index (χ0n) is 6.59. The molecule has 2 nitrogen and oxygen atoms in total. The van der Waals surface area contributed by atoms with Gasteiger partial charge in [-0.05, 0) is 37.9 Å². The minimum absolute atomic E-state index is 0.127. The van der Waals surface area contributed by atoms with Crippen LogP contribution in [0, 0.1) is 0 Å². The highest BCUT2D eigenvalue weighted by Gasteiger charge is 2.41. The third kappa shape index (κ3) is 1.31. The highest BCUT2D eigenvalue weighted by atomic mass is 32.2. The van der Waals surface area contributed by atoms with Crippen LogP contribution in [0.15, 0.2) is 0 Å². The molecular weight excluding hydrogens is 146 g/mol. The number of rotatable bonds is 0. The molecule has 1 aliphatic rings. The maximum atomic E-state index is 11.4. The lowest BCUT2D eigenvalue weighted by atomic mass is 9.99. The summed E-state index contributed by atoms with van der Waals surface area (Å²) in [7, 11) is 0. The average Bonchev–Trinajstić information content (AvgIpc) is 1.84. The monoisotopic (exact) mass is 161 g/mol. The van der Waals surface area contributed by atoms with Gasteiger partial charge in [-0.2, -0.15) is 0 Å². The van der Waals surface area contributed by atoms with Gasteiger partial charge in [0.1, 0.15) is 10.5 Å². The summed E-state index contributed by atoms with van der Waals surface area (Å²) in [4.78, 5) is 0. The first-order valence-electron chi connectivity index (χ1n) is 3.69. The molecule has 0 spiro atoms. The summed E-state index contributed by atoms with van der Waals surface area (Å²) < 4.78 is 11.2.